The third-order valence-electron chi connectivity index (χ3n) is 3.09. The number of nitrogens with two attached hydrogens (primary N) is 2. The molecule has 2 unspecified atom stereocenters. The van der Waals surface area contributed by atoms with Crippen molar-refractivity contribution in [2.24, 2.45) is 31.4 Å². The molecule has 2 rings (SSSR count). The smallest absolute Gasteiger partial charge is 0.181 e. The van der Waals surface area contributed by atoms with Gasteiger partial charge in [-0.25, -0.2) is 9.98 Å². The fourth-order valence-electron chi connectivity index (χ4n) is 2.23. The molecule has 0 aliphatic carbocycles. The van der Waals surface area contributed by atoms with Gasteiger partial charge >= 0.3 is 0 Å². The van der Waals surface area contributed by atoms with E-state index in [1.807, 2.05) is 0 Å². The predicted octanol–water partition coefficient (Wildman–Crippen LogP) is -0.0434. The highest BCUT2D eigenvalue weighted by Crippen LogP contribution is 2.15. The largest absolute Gasteiger partial charge is 0.333 e. The van der Waals surface area contributed by atoms with Crippen LogP contribution in [-0.4, -0.2) is 47.8 Å². The Bertz CT molecular complexity index is 503. The first-order chi connectivity index (χ1) is 10.3. The van der Waals surface area contributed by atoms with Gasteiger partial charge in [0.25, 0.3) is 0 Å². The monoisotopic (exact) mass is 306 g/mol. The highest BCUT2D eigenvalue weighted by Gasteiger charge is 2.39. The summed E-state index contributed by atoms with van der Waals surface area (Å²) in [6.07, 6.45) is 1.86. The molecule has 0 saturated heterocycles. The van der Waals surface area contributed by atoms with Crippen molar-refractivity contribution in [3.63, 3.8) is 0 Å². The van der Waals surface area contributed by atoms with Crippen LogP contribution in [0.3, 0.4) is 0 Å². The van der Waals surface area contributed by atoms with E-state index >= 15 is 0 Å². The van der Waals surface area contributed by atoms with Gasteiger partial charge in [-0.15, -0.1) is 0 Å². The summed E-state index contributed by atoms with van der Waals surface area (Å²) in [4.78, 5) is 18.1. The summed E-state index contributed by atoms with van der Waals surface area (Å²) < 4.78 is 0. The van der Waals surface area contributed by atoms with E-state index in [0.29, 0.717) is 36.2 Å². The molecule has 0 aromatic carbocycles. The van der Waals surface area contributed by atoms with Gasteiger partial charge in [-0.1, -0.05) is 13.8 Å². The van der Waals surface area contributed by atoms with Crippen LogP contribution in [0.2, 0.25) is 0 Å². The van der Waals surface area contributed by atoms with E-state index in [-0.39, 0.29) is 0 Å². The van der Waals surface area contributed by atoms with E-state index in [9.17, 15) is 0 Å². The SMILES string of the molecule is CCCN=C1NC(C)(N)N=C2C(=NCCC)NC(C)(N)N=C12. The minimum atomic E-state index is -0.946. The van der Waals surface area contributed by atoms with Crippen LogP contribution in [0.15, 0.2) is 20.0 Å². The quantitative estimate of drug-likeness (QED) is 0.581. The molecule has 2 atom stereocenters. The summed E-state index contributed by atoms with van der Waals surface area (Å²) in [5.74, 6) is -0.644. The lowest BCUT2D eigenvalue weighted by atomic mass is 10.1. The Kier molecular flexibility index (Phi) is 4.62. The van der Waals surface area contributed by atoms with Crippen molar-refractivity contribution in [3.05, 3.63) is 0 Å². The average Bonchev–Trinajstić information content (AvgIpc) is 2.42. The molecule has 0 aromatic heterocycles. The Hall–Kier alpha value is -1.80. The Morgan fingerprint density at radius 1 is 0.864 bits per heavy atom. The summed E-state index contributed by atoms with van der Waals surface area (Å²) in [6.45, 7) is 9.06. The highest BCUT2D eigenvalue weighted by molar-refractivity contribution is 6.83. The van der Waals surface area contributed by atoms with Gasteiger partial charge in [-0.3, -0.25) is 21.5 Å². The number of nitrogens with zero attached hydrogens (tertiary/aromatic N) is 4. The number of hydrogen-bond donors (Lipinski definition) is 4. The average molecular weight is 306 g/mol. The first kappa shape index (κ1) is 16.6. The second kappa shape index (κ2) is 6.13. The molecule has 8 nitrogen and oxygen atoms in total. The van der Waals surface area contributed by atoms with Gasteiger partial charge in [0.15, 0.2) is 23.2 Å². The van der Waals surface area contributed by atoms with Gasteiger partial charge in [0, 0.05) is 13.1 Å². The third-order valence-corrected chi connectivity index (χ3v) is 3.09. The standard InChI is InChI=1S/C14H26N8/c1-5-7-17-11-9-10(20-13(3,15)21-11)12(18-8-6-2)22-14(4,16)19-9/h5-8,15-16H2,1-4H3,(H,17,21)(H,18,22). The normalized spacial score (nSPS) is 34.6. The lowest BCUT2D eigenvalue weighted by molar-refractivity contribution is 0.441. The molecular weight excluding hydrogens is 280 g/mol. The first-order valence-electron chi connectivity index (χ1n) is 7.72. The van der Waals surface area contributed by atoms with Gasteiger partial charge in [0.2, 0.25) is 0 Å². The second-order valence-corrected chi connectivity index (χ2v) is 5.93. The molecule has 8 heteroatoms. The van der Waals surface area contributed by atoms with E-state index in [0.717, 1.165) is 12.8 Å². The molecule has 22 heavy (non-hydrogen) atoms. The molecule has 2 aliphatic rings. The first-order valence-corrected chi connectivity index (χ1v) is 7.72. The molecular formula is C14H26N8. The number of hydrogen-bond acceptors (Lipinski definition) is 6. The minimum Gasteiger partial charge on any atom is -0.333 e. The molecule has 6 N–H and O–H groups in total. The summed E-state index contributed by atoms with van der Waals surface area (Å²) in [6, 6.07) is 0. The summed E-state index contributed by atoms with van der Waals surface area (Å²) in [7, 11) is 0. The minimum absolute atomic E-state index is 0.620. The van der Waals surface area contributed by atoms with Gasteiger partial charge in [-0.05, 0) is 26.7 Å². The zero-order valence-electron chi connectivity index (χ0n) is 13.8. The highest BCUT2D eigenvalue weighted by atomic mass is 15.4. The van der Waals surface area contributed by atoms with Gasteiger partial charge in [0.05, 0.1) is 0 Å². The molecule has 0 aromatic rings. The predicted molar refractivity (Wildman–Crippen MR) is 91.5 cm³/mol. The number of amidine groups is 2. The fourth-order valence-corrected chi connectivity index (χ4v) is 2.23. The maximum atomic E-state index is 6.16. The van der Waals surface area contributed by atoms with Gasteiger partial charge in [-0.2, -0.15) is 0 Å². The van der Waals surface area contributed by atoms with Crippen LogP contribution >= 0.6 is 0 Å². The van der Waals surface area contributed by atoms with Crippen molar-refractivity contribution in [1.82, 2.24) is 10.6 Å². The van der Waals surface area contributed by atoms with Crippen LogP contribution in [0.5, 0.6) is 0 Å². The summed E-state index contributed by atoms with van der Waals surface area (Å²) in [5, 5.41) is 6.22. The van der Waals surface area contributed by atoms with Crippen molar-refractivity contribution in [2.75, 3.05) is 13.1 Å². The number of aliphatic imine (C=N–C) groups is 4. The van der Waals surface area contributed by atoms with E-state index < -0.39 is 11.6 Å². The molecule has 122 valence electrons. The maximum absolute atomic E-state index is 6.16. The number of fused-ring (bicyclic) bond motifs is 1. The maximum Gasteiger partial charge on any atom is 0.181 e. The van der Waals surface area contributed by atoms with E-state index in [1.165, 1.54) is 0 Å². The molecule has 2 heterocycles. The number of nitrogens with one attached hydrogen (secondary N) is 2. The molecule has 2 aliphatic heterocycles. The summed E-state index contributed by atoms with van der Waals surface area (Å²) >= 11 is 0. The van der Waals surface area contributed by atoms with E-state index in [2.05, 4.69) is 44.5 Å². The molecule has 0 radical (unpaired) electrons. The topological polar surface area (TPSA) is 126 Å². The Balaban J connectivity index is 2.53. The van der Waals surface area contributed by atoms with Crippen molar-refractivity contribution in [3.8, 4) is 0 Å². The molecule has 0 saturated carbocycles. The third kappa shape index (κ3) is 3.69. The van der Waals surface area contributed by atoms with Crippen LogP contribution in [0, 0.1) is 0 Å². The zero-order valence-corrected chi connectivity index (χ0v) is 13.8. The molecule has 0 fully saturated rings. The Morgan fingerprint density at radius 2 is 1.23 bits per heavy atom. The van der Waals surface area contributed by atoms with Crippen LogP contribution in [0.25, 0.3) is 0 Å². The molecule has 0 amide bonds. The van der Waals surface area contributed by atoms with Crippen molar-refractivity contribution in [1.29, 1.82) is 0 Å². The lowest BCUT2D eigenvalue weighted by Gasteiger charge is -2.37. The second-order valence-electron chi connectivity index (χ2n) is 5.93. The zero-order chi connectivity index (χ0) is 16.4. The molecule has 0 bridgehead atoms. The lowest BCUT2D eigenvalue weighted by Crippen LogP contribution is -2.67. The van der Waals surface area contributed by atoms with Gasteiger partial charge < -0.3 is 10.6 Å². The van der Waals surface area contributed by atoms with Crippen LogP contribution in [0.4, 0.5) is 0 Å². The van der Waals surface area contributed by atoms with E-state index in [1.54, 1.807) is 13.8 Å². The number of rotatable bonds is 4. The van der Waals surface area contributed by atoms with Crippen molar-refractivity contribution >= 4 is 23.1 Å². The summed E-state index contributed by atoms with van der Waals surface area (Å²) in [5.41, 5.74) is 13.6. The van der Waals surface area contributed by atoms with E-state index in [4.69, 9.17) is 11.5 Å². The van der Waals surface area contributed by atoms with Crippen LogP contribution < -0.4 is 22.1 Å². The van der Waals surface area contributed by atoms with Crippen molar-refractivity contribution < 1.29 is 0 Å². The van der Waals surface area contributed by atoms with Crippen LogP contribution in [-0.2, 0) is 0 Å². The molecule has 0 spiro atoms. The van der Waals surface area contributed by atoms with Gasteiger partial charge in [0.1, 0.15) is 11.4 Å². The van der Waals surface area contributed by atoms with Crippen molar-refractivity contribution in [2.45, 2.75) is 52.1 Å². The Labute approximate surface area is 131 Å². The van der Waals surface area contributed by atoms with Crippen LogP contribution in [0.1, 0.15) is 40.5 Å². The fraction of sp³-hybridized carbons (Fsp3) is 0.714. The Morgan fingerprint density at radius 3 is 1.55 bits per heavy atom.